The first kappa shape index (κ1) is 19.6. The molecular weight excluding hydrogens is 338 g/mol. The van der Waals surface area contributed by atoms with Gasteiger partial charge in [0.25, 0.3) is 0 Å². The summed E-state index contributed by atoms with van der Waals surface area (Å²) in [6.07, 6.45) is 3.05. The summed E-state index contributed by atoms with van der Waals surface area (Å²) in [5, 5.41) is 0. The number of benzene rings is 1. The Hall–Kier alpha value is -2.11. The average Bonchev–Trinajstić information content (AvgIpc) is 3.00. The van der Waals surface area contributed by atoms with Gasteiger partial charge in [-0.15, -0.1) is 0 Å². The van der Waals surface area contributed by atoms with Gasteiger partial charge in [-0.1, -0.05) is 6.07 Å². The molecule has 0 N–H and O–H groups in total. The number of likely N-dealkylation sites (N-methyl/N-ethyl adjacent to an activating group) is 1. The third kappa shape index (κ3) is 5.44. The molecule has 0 bridgehead atoms. The van der Waals surface area contributed by atoms with Gasteiger partial charge < -0.3 is 14.4 Å². The summed E-state index contributed by atoms with van der Waals surface area (Å²) in [5.74, 6) is 1.98. The van der Waals surface area contributed by atoms with E-state index in [4.69, 9.17) is 9.47 Å². The Balaban J connectivity index is 1.82. The number of nitrogens with zero attached hydrogens (tertiary/aromatic N) is 3. The van der Waals surface area contributed by atoms with Gasteiger partial charge in [0, 0.05) is 49.9 Å². The third-order valence-electron chi connectivity index (χ3n) is 4.75. The summed E-state index contributed by atoms with van der Waals surface area (Å²) in [5.41, 5.74) is 3.51. The van der Waals surface area contributed by atoms with Crippen molar-refractivity contribution in [3.05, 3.63) is 53.3 Å². The lowest BCUT2D eigenvalue weighted by Gasteiger charge is -2.25. The normalized spacial score (nSPS) is 15.9. The minimum Gasteiger partial charge on any atom is -0.494 e. The Morgan fingerprint density at radius 3 is 2.74 bits per heavy atom. The zero-order chi connectivity index (χ0) is 19.2. The van der Waals surface area contributed by atoms with E-state index in [2.05, 4.69) is 54.0 Å². The Morgan fingerprint density at radius 2 is 2.04 bits per heavy atom. The maximum absolute atomic E-state index is 5.98. The van der Waals surface area contributed by atoms with Crippen LogP contribution in [0.2, 0.25) is 0 Å². The molecule has 0 saturated heterocycles. The lowest BCUT2D eigenvalue weighted by Crippen LogP contribution is -2.31. The van der Waals surface area contributed by atoms with Crippen LogP contribution in [0.15, 0.2) is 36.5 Å². The van der Waals surface area contributed by atoms with Gasteiger partial charge in [-0.3, -0.25) is 9.88 Å². The Kier molecular flexibility index (Phi) is 6.69. The van der Waals surface area contributed by atoms with Crippen molar-refractivity contribution in [2.45, 2.75) is 39.5 Å². The number of pyridine rings is 1. The molecule has 1 aliphatic heterocycles. The molecule has 0 fully saturated rings. The number of rotatable bonds is 9. The predicted molar refractivity (Wildman–Crippen MR) is 108 cm³/mol. The van der Waals surface area contributed by atoms with E-state index in [1.165, 1.54) is 11.1 Å². The van der Waals surface area contributed by atoms with Gasteiger partial charge in [0.2, 0.25) is 0 Å². The molecule has 1 aromatic heterocycles. The van der Waals surface area contributed by atoms with Crippen molar-refractivity contribution in [2.75, 3.05) is 33.8 Å². The standard InChI is InChI=1S/C22H31N3O2/c1-5-26-21-13-18-12-17(2)27-22(18)14-19(21)15-25(11-10-24(3)4)16-20-8-6-7-9-23-20/h6-9,13-14,17H,5,10-12,15-16H2,1-4H3. The maximum Gasteiger partial charge on any atom is 0.124 e. The summed E-state index contributed by atoms with van der Waals surface area (Å²) < 4.78 is 11.9. The van der Waals surface area contributed by atoms with Crippen LogP contribution in [-0.4, -0.2) is 54.7 Å². The van der Waals surface area contributed by atoms with Crippen molar-refractivity contribution in [1.29, 1.82) is 0 Å². The van der Waals surface area contributed by atoms with Gasteiger partial charge >= 0.3 is 0 Å². The van der Waals surface area contributed by atoms with E-state index in [1.807, 2.05) is 25.3 Å². The highest BCUT2D eigenvalue weighted by atomic mass is 16.5. The molecule has 0 radical (unpaired) electrons. The molecule has 1 aromatic carbocycles. The molecule has 1 unspecified atom stereocenters. The number of hydrogen-bond donors (Lipinski definition) is 0. The number of hydrogen-bond acceptors (Lipinski definition) is 5. The van der Waals surface area contributed by atoms with Gasteiger partial charge in [-0.05, 0) is 52.2 Å². The Labute approximate surface area is 162 Å². The SMILES string of the molecule is CCOc1cc2c(cc1CN(CCN(C)C)Cc1ccccn1)OC(C)C2. The maximum atomic E-state index is 5.98. The van der Waals surface area contributed by atoms with Crippen LogP contribution in [0.25, 0.3) is 0 Å². The number of ether oxygens (including phenoxy) is 2. The van der Waals surface area contributed by atoms with Crippen molar-refractivity contribution in [1.82, 2.24) is 14.8 Å². The summed E-state index contributed by atoms with van der Waals surface area (Å²) in [4.78, 5) is 9.13. The molecule has 3 rings (SSSR count). The smallest absolute Gasteiger partial charge is 0.124 e. The molecule has 0 spiro atoms. The first-order chi connectivity index (χ1) is 13.0. The van der Waals surface area contributed by atoms with E-state index in [0.29, 0.717) is 6.61 Å². The molecule has 146 valence electrons. The highest BCUT2D eigenvalue weighted by Crippen LogP contribution is 2.35. The van der Waals surface area contributed by atoms with Crippen molar-refractivity contribution in [3.63, 3.8) is 0 Å². The molecule has 5 nitrogen and oxygen atoms in total. The van der Waals surface area contributed by atoms with Crippen molar-refractivity contribution >= 4 is 0 Å². The lowest BCUT2D eigenvalue weighted by molar-refractivity contribution is 0.219. The second kappa shape index (κ2) is 9.20. The fourth-order valence-electron chi connectivity index (χ4n) is 3.41. The van der Waals surface area contributed by atoms with Crippen molar-refractivity contribution in [2.24, 2.45) is 0 Å². The van der Waals surface area contributed by atoms with E-state index >= 15 is 0 Å². The molecule has 0 aliphatic carbocycles. The second-order valence-electron chi connectivity index (χ2n) is 7.47. The lowest BCUT2D eigenvalue weighted by atomic mass is 10.1. The number of aromatic nitrogens is 1. The summed E-state index contributed by atoms with van der Waals surface area (Å²) in [7, 11) is 4.21. The van der Waals surface area contributed by atoms with Gasteiger partial charge in [0.15, 0.2) is 0 Å². The summed E-state index contributed by atoms with van der Waals surface area (Å²) >= 11 is 0. The van der Waals surface area contributed by atoms with Crippen LogP contribution in [0.4, 0.5) is 0 Å². The van der Waals surface area contributed by atoms with E-state index in [0.717, 1.165) is 49.8 Å². The third-order valence-corrected chi connectivity index (χ3v) is 4.75. The van der Waals surface area contributed by atoms with Crippen LogP contribution < -0.4 is 9.47 Å². The summed E-state index contributed by atoms with van der Waals surface area (Å²) in [6.45, 7) is 8.40. The topological polar surface area (TPSA) is 37.8 Å². The van der Waals surface area contributed by atoms with Crippen LogP contribution in [0.3, 0.4) is 0 Å². The summed E-state index contributed by atoms with van der Waals surface area (Å²) in [6, 6.07) is 10.4. The molecule has 2 aromatic rings. The van der Waals surface area contributed by atoms with Gasteiger partial charge in [0.1, 0.15) is 17.6 Å². The highest BCUT2D eigenvalue weighted by molar-refractivity contribution is 5.48. The van der Waals surface area contributed by atoms with Crippen molar-refractivity contribution < 1.29 is 9.47 Å². The minimum atomic E-state index is 0.239. The largest absolute Gasteiger partial charge is 0.494 e. The monoisotopic (exact) mass is 369 g/mol. The number of fused-ring (bicyclic) bond motifs is 1. The van der Waals surface area contributed by atoms with Crippen LogP contribution in [-0.2, 0) is 19.5 Å². The first-order valence-electron chi connectivity index (χ1n) is 9.77. The van der Waals surface area contributed by atoms with E-state index in [-0.39, 0.29) is 6.10 Å². The Morgan fingerprint density at radius 1 is 1.19 bits per heavy atom. The van der Waals surface area contributed by atoms with Gasteiger partial charge in [-0.2, -0.15) is 0 Å². The van der Waals surface area contributed by atoms with Gasteiger partial charge in [-0.25, -0.2) is 0 Å². The van der Waals surface area contributed by atoms with Crippen LogP contribution in [0.1, 0.15) is 30.7 Å². The molecule has 0 amide bonds. The fraction of sp³-hybridized carbons (Fsp3) is 0.500. The van der Waals surface area contributed by atoms with Gasteiger partial charge in [0.05, 0.1) is 12.3 Å². The average molecular weight is 370 g/mol. The molecule has 5 heteroatoms. The predicted octanol–water partition coefficient (Wildman–Crippen LogP) is 3.37. The second-order valence-corrected chi connectivity index (χ2v) is 7.47. The van der Waals surface area contributed by atoms with E-state index in [1.54, 1.807) is 0 Å². The zero-order valence-corrected chi connectivity index (χ0v) is 16.9. The molecule has 1 aliphatic rings. The first-order valence-corrected chi connectivity index (χ1v) is 9.77. The molecule has 27 heavy (non-hydrogen) atoms. The van der Waals surface area contributed by atoms with E-state index in [9.17, 15) is 0 Å². The molecule has 0 saturated carbocycles. The minimum absolute atomic E-state index is 0.239. The highest BCUT2D eigenvalue weighted by Gasteiger charge is 2.23. The fourth-order valence-corrected chi connectivity index (χ4v) is 3.41. The Bertz CT molecular complexity index is 734. The van der Waals surface area contributed by atoms with Crippen LogP contribution in [0.5, 0.6) is 11.5 Å². The van der Waals surface area contributed by atoms with Crippen LogP contribution in [0, 0.1) is 0 Å². The van der Waals surface area contributed by atoms with E-state index < -0.39 is 0 Å². The van der Waals surface area contributed by atoms with Crippen LogP contribution >= 0.6 is 0 Å². The zero-order valence-electron chi connectivity index (χ0n) is 16.9. The quantitative estimate of drug-likeness (QED) is 0.678. The molecule has 2 heterocycles. The molecular formula is C22H31N3O2. The molecule has 1 atom stereocenters. The van der Waals surface area contributed by atoms with Crippen molar-refractivity contribution in [3.8, 4) is 11.5 Å².